The highest BCUT2D eigenvalue weighted by Gasteiger charge is 2.40. The minimum atomic E-state index is -3.09. The van der Waals surface area contributed by atoms with Gasteiger partial charge in [-0.15, -0.1) is 24.0 Å². The highest BCUT2D eigenvalue weighted by atomic mass is 127. The summed E-state index contributed by atoms with van der Waals surface area (Å²) >= 11 is 0. The van der Waals surface area contributed by atoms with Crippen LogP contribution in [0.15, 0.2) is 29.3 Å². The summed E-state index contributed by atoms with van der Waals surface area (Å²) in [6, 6.07) is 5.97. The lowest BCUT2D eigenvalue weighted by Gasteiger charge is -2.39. The van der Waals surface area contributed by atoms with Crippen molar-refractivity contribution in [1.29, 1.82) is 0 Å². The van der Waals surface area contributed by atoms with Crippen molar-refractivity contribution >= 4 is 39.8 Å². The number of aliphatic imine (C=N–C) groups is 1. The third kappa shape index (κ3) is 5.70. The second kappa shape index (κ2) is 9.02. The van der Waals surface area contributed by atoms with Crippen molar-refractivity contribution in [2.24, 2.45) is 4.99 Å². The predicted molar refractivity (Wildman–Crippen MR) is 108 cm³/mol. The van der Waals surface area contributed by atoms with E-state index < -0.39 is 14.6 Å². The number of ether oxygens (including phenoxy) is 1. The van der Waals surface area contributed by atoms with E-state index in [2.05, 4.69) is 10.3 Å². The van der Waals surface area contributed by atoms with Crippen molar-refractivity contribution in [3.8, 4) is 5.75 Å². The van der Waals surface area contributed by atoms with Crippen LogP contribution in [0, 0.1) is 5.82 Å². The zero-order valence-electron chi connectivity index (χ0n) is 14.7. The van der Waals surface area contributed by atoms with Gasteiger partial charge in [0.05, 0.1) is 17.0 Å². The second-order valence-electron chi connectivity index (χ2n) is 6.28. The Morgan fingerprint density at radius 2 is 2.16 bits per heavy atom. The van der Waals surface area contributed by atoms with E-state index in [1.165, 1.54) is 12.1 Å². The smallest absolute Gasteiger partial charge is 0.193 e. The zero-order valence-corrected chi connectivity index (χ0v) is 17.8. The summed E-state index contributed by atoms with van der Waals surface area (Å²) in [5.74, 6) is 0.881. The molecule has 0 amide bonds. The van der Waals surface area contributed by atoms with Crippen LogP contribution in [0.25, 0.3) is 0 Å². The van der Waals surface area contributed by atoms with Gasteiger partial charge >= 0.3 is 0 Å². The van der Waals surface area contributed by atoms with E-state index in [1.54, 1.807) is 33.0 Å². The van der Waals surface area contributed by atoms with Gasteiger partial charge in [-0.25, -0.2) is 12.8 Å². The van der Waals surface area contributed by atoms with Gasteiger partial charge in [0.2, 0.25) is 0 Å². The molecule has 0 atom stereocenters. The summed E-state index contributed by atoms with van der Waals surface area (Å²) in [5, 5.41) is 3.15. The average Bonchev–Trinajstić information content (AvgIpc) is 2.50. The molecule has 1 aromatic rings. The fourth-order valence-corrected chi connectivity index (χ4v) is 3.91. The number of nitrogens with one attached hydrogen (secondary N) is 1. The van der Waals surface area contributed by atoms with Crippen LogP contribution >= 0.6 is 24.0 Å². The van der Waals surface area contributed by atoms with Gasteiger partial charge in [-0.2, -0.15) is 0 Å². The van der Waals surface area contributed by atoms with E-state index in [9.17, 15) is 12.8 Å². The number of halogens is 2. The molecule has 142 valence electrons. The Bertz CT molecular complexity index is 710. The van der Waals surface area contributed by atoms with Gasteiger partial charge in [-0.1, -0.05) is 6.07 Å². The van der Waals surface area contributed by atoms with Crippen LogP contribution in [0.4, 0.5) is 4.39 Å². The molecule has 1 fully saturated rings. The Hall–Kier alpha value is -1.10. The minimum absolute atomic E-state index is 0. The van der Waals surface area contributed by atoms with Crippen molar-refractivity contribution in [2.45, 2.75) is 18.6 Å². The molecule has 1 aromatic carbocycles. The van der Waals surface area contributed by atoms with Crippen LogP contribution in [-0.2, 0) is 9.84 Å². The molecule has 1 heterocycles. The maximum atomic E-state index is 13.1. The van der Waals surface area contributed by atoms with Gasteiger partial charge < -0.3 is 15.0 Å². The Balaban J connectivity index is 0.00000312. The molecule has 0 bridgehead atoms. The van der Waals surface area contributed by atoms with Gasteiger partial charge in [0.15, 0.2) is 15.8 Å². The average molecular weight is 485 g/mol. The summed E-state index contributed by atoms with van der Waals surface area (Å²) in [4.78, 5) is 6.14. The topological polar surface area (TPSA) is 71.0 Å². The van der Waals surface area contributed by atoms with E-state index >= 15 is 0 Å². The highest BCUT2D eigenvalue weighted by Crippen LogP contribution is 2.23. The van der Waals surface area contributed by atoms with Crippen LogP contribution < -0.4 is 10.1 Å². The fraction of sp³-hybridized carbons (Fsp3) is 0.562. The van der Waals surface area contributed by atoms with E-state index in [1.807, 2.05) is 4.90 Å². The molecule has 9 heteroatoms. The van der Waals surface area contributed by atoms with Crippen LogP contribution in [0.1, 0.15) is 13.8 Å². The first-order chi connectivity index (χ1) is 11.2. The largest absolute Gasteiger partial charge is 0.492 e. The maximum absolute atomic E-state index is 13.1. The SMILES string of the molecule is CN=C(NCCOc1cccc(F)c1)N1CCS(=O)(=O)C(C)(C)C1.I. The minimum Gasteiger partial charge on any atom is -0.492 e. The molecule has 25 heavy (non-hydrogen) atoms. The first kappa shape index (κ1) is 21.9. The van der Waals surface area contributed by atoms with Crippen LogP contribution in [0.5, 0.6) is 5.75 Å². The van der Waals surface area contributed by atoms with E-state index in [-0.39, 0.29) is 35.5 Å². The van der Waals surface area contributed by atoms with Crippen LogP contribution in [0.2, 0.25) is 0 Å². The summed E-state index contributed by atoms with van der Waals surface area (Å²) in [5.41, 5.74) is 0. The number of hydrogen-bond donors (Lipinski definition) is 1. The quantitative estimate of drug-likeness (QED) is 0.306. The van der Waals surface area contributed by atoms with Gasteiger partial charge in [0, 0.05) is 26.2 Å². The molecule has 2 rings (SSSR count). The molecule has 6 nitrogen and oxygen atoms in total. The van der Waals surface area contributed by atoms with Crippen LogP contribution in [-0.4, -0.2) is 63.1 Å². The van der Waals surface area contributed by atoms with Crippen molar-refractivity contribution in [2.75, 3.05) is 39.0 Å². The van der Waals surface area contributed by atoms with Crippen molar-refractivity contribution in [1.82, 2.24) is 10.2 Å². The number of nitrogens with zero attached hydrogens (tertiary/aromatic N) is 2. The first-order valence-electron chi connectivity index (χ1n) is 7.81. The monoisotopic (exact) mass is 485 g/mol. The normalized spacial score (nSPS) is 19.0. The van der Waals surface area contributed by atoms with Crippen molar-refractivity contribution in [3.63, 3.8) is 0 Å². The molecule has 1 aliphatic rings. The number of sulfone groups is 1. The molecule has 1 aliphatic heterocycles. The highest BCUT2D eigenvalue weighted by molar-refractivity contribution is 14.0. The lowest BCUT2D eigenvalue weighted by Crippen LogP contribution is -2.57. The molecule has 0 saturated carbocycles. The fourth-order valence-electron chi connectivity index (χ4n) is 2.55. The van der Waals surface area contributed by atoms with Gasteiger partial charge in [0.25, 0.3) is 0 Å². The summed E-state index contributed by atoms with van der Waals surface area (Å²) in [7, 11) is -1.43. The van der Waals surface area contributed by atoms with Crippen molar-refractivity contribution < 1.29 is 17.5 Å². The molecule has 0 unspecified atom stereocenters. The molecule has 1 saturated heterocycles. The Labute approximate surface area is 165 Å². The van der Waals surface area contributed by atoms with Gasteiger partial charge in [-0.05, 0) is 26.0 Å². The third-order valence-electron chi connectivity index (χ3n) is 4.00. The molecular formula is C16H25FIN3O3S. The Morgan fingerprint density at radius 3 is 2.76 bits per heavy atom. The van der Waals surface area contributed by atoms with Crippen molar-refractivity contribution in [3.05, 3.63) is 30.1 Å². The van der Waals surface area contributed by atoms with Gasteiger partial charge in [0.1, 0.15) is 18.2 Å². The Morgan fingerprint density at radius 1 is 1.44 bits per heavy atom. The summed E-state index contributed by atoms with van der Waals surface area (Å²) in [6.07, 6.45) is 0. The number of hydrogen-bond acceptors (Lipinski definition) is 4. The zero-order chi connectivity index (χ0) is 17.8. The molecular weight excluding hydrogens is 460 g/mol. The van der Waals surface area contributed by atoms with E-state index in [4.69, 9.17) is 4.74 Å². The molecule has 0 aromatic heterocycles. The summed E-state index contributed by atoms with van der Waals surface area (Å²) < 4.78 is 41.9. The Kier molecular flexibility index (Phi) is 7.91. The molecule has 0 spiro atoms. The number of benzene rings is 1. The molecule has 0 aliphatic carbocycles. The molecule has 1 N–H and O–H groups in total. The first-order valence-corrected chi connectivity index (χ1v) is 9.47. The number of guanidine groups is 1. The third-order valence-corrected chi connectivity index (χ3v) is 6.54. The van der Waals surface area contributed by atoms with E-state index in [0.717, 1.165) is 0 Å². The van der Waals surface area contributed by atoms with Gasteiger partial charge in [-0.3, -0.25) is 4.99 Å². The standard InChI is InChI=1S/C16H24FN3O3S.HI/c1-16(2)12-20(8-10-24(16,21)22)15(18-3)19-7-9-23-14-6-4-5-13(17)11-14;/h4-6,11H,7-10,12H2,1-3H3,(H,18,19);1H. The lowest BCUT2D eigenvalue weighted by atomic mass is 10.2. The van der Waals surface area contributed by atoms with Crippen LogP contribution in [0.3, 0.4) is 0 Å². The molecule has 0 radical (unpaired) electrons. The van der Waals surface area contributed by atoms with E-state index in [0.29, 0.717) is 38.0 Å². The predicted octanol–water partition coefficient (Wildman–Crippen LogP) is 1.91. The lowest BCUT2D eigenvalue weighted by molar-refractivity contribution is 0.311. The second-order valence-corrected chi connectivity index (χ2v) is 9.02. The maximum Gasteiger partial charge on any atom is 0.193 e. The summed E-state index contributed by atoms with van der Waals surface area (Å²) in [6.45, 7) is 5.09. The number of rotatable bonds is 4.